The van der Waals surface area contributed by atoms with Crippen molar-refractivity contribution in [3.63, 3.8) is 0 Å². The number of ketones is 1. The van der Waals surface area contributed by atoms with Crippen molar-refractivity contribution in [2.75, 3.05) is 32.7 Å². The fraction of sp³-hybridized carbons (Fsp3) is 0.833. The molecule has 0 aromatic heterocycles. The highest BCUT2D eigenvalue weighted by Crippen LogP contribution is 2.20. The van der Waals surface area contributed by atoms with E-state index in [0.717, 1.165) is 45.4 Å². The van der Waals surface area contributed by atoms with Crippen molar-refractivity contribution in [2.24, 2.45) is 5.92 Å². The van der Waals surface area contributed by atoms with E-state index in [-0.39, 0.29) is 11.7 Å². The molecule has 2 saturated heterocycles. The van der Waals surface area contributed by atoms with Crippen LogP contribution >= 0.6 is 0 Å². The molecular formula is C12H20N2O2. The van der Waals surface area contributed by atoms with E-state index >= 15 is 0 Å². The second-order valence-corrected chi connectivity index (χ2v) is 4.96. The van der Waals surface area contributed by atoms with Crippen LogP contribution in [0.2, 0.25) is 0 Å². The first-order chi connectivity index (χ1) is 7.66. The molecule has 0 N–H and O–H groups in total. The van der Waals surface area contributed by atoms with E-state index in [9.17, 15) is 9.59 Å². The summed E-state index contributed by atoms with van der Waals surface area (Å²) in [5.41, 5.74) is 0. The second-order valence-electron chi connectivity index (χ2n) is 4.96. The summed E-state index contributed by atoms with van der Waals surface area (Å²) in [4.78, 5) is 27.2. The van der Waals surface area contributed by atoms with Crippen LogP contribution in [0.15, 0.2) is 0 Å². The predicted molar refractivity (Wildman–Crippen MR) is 61.0 cm³/mol. The fourth-order valence-corrected chi connectivity index (χ4v) is 2.69. The number of hydrogen-bond acceptors (Lipinski definition) is 3. The molecule has 0 aromatic rings. The number of rotatable bonds is 3. The SMILES string of the molecule is CC(=O)CN1CCC(C(=O)N2CCCC2)C1. The summed E-state index contributed by atoms with van der Waals surface area (Å²) in [6.07, 6.45) is 3.22. The van der Waals surface area contributed by atoms with Crippen LogP contribution in [0.1, 0.15) is 26.2 Å². The summed E-state index contributed by atoms with van der Waals surface area (Å²) in [5, 5.41) is 0. The molecule has 4 nitrogen and oxygen atoms in total. The predicted octanol–water partition coefficient (Wildman–Crippen LogP) is 0.520. The molecule has 2 heterocycles. The van der Waals surface area contributed by atoms with Gasteiger partial charge in [0.1, 0.15) is 5.78 Å². The molecule has 2 fully saturated rings. The zero-order chi connectivity index (χ0) is 11.5. The van der Waals surface area contributed by atoms with Gasteiger partial charge in [0.25, 0.3) is 0 Å². The van der Waals surface area contributed by atoms with E-state index < -0.39 is 0 Å². The molecule has 2 aliphatic heterocycles. The Morgan fingerprint density at radius 1 is 1.19 bits per heavy atom. The normalized spacial score (nSPS) is 26.3. The third kappa shape index (κ3) is 2.61. The maximum absolute atomic E-state index is 12.1. The molecule has 2 rings (SSSR count). The van der Waals surface area contributed by atoms with Crippen molar-refractivity contribution in [2.45, 2.75) is 26.2 Å². The molecule has 4 heteroatoms. The van der Waals surface area contributed by atoms with Crippen molar-refractivity contribution in [3.05, 3.63) is 0 Å². The van der Waals surface area contributed by atoms with Gasteiger partial charge >= 0.3 is 0 Å². The van der Waals surface area contributed by atoms with Crippen molar-refractivity contribution in [3.8, 4) is 0 Å². The van der Waals surface area contributed by atoms with Crippen molar-refractivity contribution in [1.82, 2.24) is 9.80 Å². The Bertz CT molecular complexity index is 285. The van der Waals surface area contributed by atoms with Crippen LogP contribution in [-0.2, 0) is 9.59 Å². The average Bonchev–Trinajstić information content (AvgIpc) is 2.84. The third-order valence-corrected chi connectivity index (χ3v) is 3.49. The maximum Gasteiger partial charge on any atom is 0.227 e. The van der Waals surface area contributed by atoms with Gasteiger partial charge in [-0.1, -0.05) is 0 Å². The minimum atomic E-state index is 0.137. The smallest absolute Gasteiger partial charge is 0.227 e. The summed E-state index contributed by atoms with van der Waals surface area (Å²) in [5.74, 6) is 0.635. The molecule has 0 spiro atoms. The summed E-state index contributed by atoms with van der Waals surface area (Å²) in [6.45, 7) is 5.64. The van der Waals surface area contributed by atoms with Crippen LogP contribution in [0.3, 0.4) is 0 Å². The lowest BCUT2D eigenvalue weighted by atomic mass is 10.1. The molecule has 1 unspecified atom stereocenters. The first-order valence-corrected chi connectivity index (χ1v) is 6.17. The van der Waals surface area contributed by atoms with Gasteiger partial charge in [0, 0.05) is 19.6 Å². The van der Waals surface area contributed by atoms with E-state index in [1.54, 1.807) is 6.92 Å². The number of Topliss-reactive ketones (excluding diaryl/α,β-unsaturated/α-hetero) is 1. The number of likely N-dealkylation sites (tertiary alicyclic amines) is 2. The molecule has 0 radical (unpaired) electrons. The van der Waals surface area contributed by atoms with Gasteiger partial charge in [-0.25, -0.2) is 0 Å². The van der Waals surface area contributed by atoms with Gasteiger partial charge in [-0.05, 0) is 32.7 Å². The topological polar surface area (TPSA) is 40.6 Å². The first kappa shape index (κ1) is 11.6. The third-order valence-electron chi connectivity index (χ3n) is 3.49. The lowest BCUT2D eigenvalue weighted by molar-refractivity contribution is -0.134. The van der Waals surface area contributed by atoms with Gasteiger partial charge in [-0.2, -0.15) is 0 Å². The van der Waals surface area contributed by atoms with Gasteiger partial charge in [-0.3, -0.25) is 14.5 Å². The van der Waals surface area contributed by atoms with Crippen LogP contribution in [0.5, 0.6) is 0 Å². The Kier molecular flexibility index (Phi) is 3.59. The first-order valence-electron chi connectivity index (χ1n) is 6.17. The van der Waals surface area contributed by atoms with Crippen molar-refractivity contribution < 1.29 is 9.59 Å². The van der Waals surface area contributed by atoms with Crippen molar-refractivity contribution in [1.29, 1.82) is 0 Å². The Labute approximate surface area is 96.6 Å². The van der Waals surface area contributed by atoms with E-state index in [1.165, 1.54) is 0 Å². The number of amides is 1. The summed E-state index contributed by atoms with van der Waals surface area (Å²) < 4.78 is 0. The lowest BCUT2D eigenvalue weighted by Gasteiger charge is -2.20. The summed E-state index contributed by atoms with van der Waals surface area (Å²) >= 11 is 0. The molecule has 16 heavy (non-hydrogen) atoms. The zero-order valence-electron chi connectivity index (χ0n) is 9.95. The fourth-order valence-electron chi connectivity index (χ4n) is 2.69. The molecule has 0 aromatic carbocycles. The van der Waals surface area contributed by atoms with Crippen LogP contribution in [-0.4, -0.2) is 54.2 Å². The number of hydrogen-bond donors (Lipinski definition) is 0. The molecule has 1 amide bonds. The van der Waals surface area contributed by atoms with E-state index in [2.05, 4.69) is 4.90 Å². The van der Waals surface area contributed by atoms with Crippen LogP contribution in [0, 0.1) is 5.92 Å². The highest BCUT2D eigenvalue weighted by molar-refractivity contribution is 5.80. The molecule has 1 atom stereocenters. The number of carbonyl (C=O) groups excluding carboxylic acids is 2. The van der Waals surface area contributed by atoms with Crippen LogP contribution in [0.25, 0.3) is 0 Å². The maximum atomic E-state index is 12.1. The van der Waals surface area contributed by atoms with E-state index in [1.807, 2.05) is 4.90 Å². The van der Waals surface area contributed by atoms with Gasteiger partial charge in [-0.15, -0.1) is 0 Å². The molecule has 0 saturated carbocycles. The van der Waals surface area contributed by atoms with Gasteiger partial charge in [0.05, 0.1) is 12.5 Å². The highest BCUT2D eigenvalue weighted by atomic mass is 16.2. The van der Waals surface area contributed by atoms with E-state index in [0.29, 0.717) is 12.5 Å². The van der Waals surface area contributed by atoms with Gasteiger partial charge in [0.15, 0.2) is 0 Å². The number of nitrogens with zero attached hydrogens (tertiary/aromatic N) is 2. The Hall–Kier alpha value is -0.900. The largest absolute Gasteiger partial charge is 0.342 e. The Morgan fingerprint density at radius 2 is 1.88 bits per heavy atom. The monoisotopic (exact) mass is 224 g/mol. The second kappa shape index (κ2) is 4.95. The molecular weight excluding hydrogens is 204 g/mol. The summed E-state index contributed by atoms with van der Waals surface area (Å²) in [6, 6.07) is 0. The molecule has 0 bridgehead atoms. The minimum absolute atomic E-state index is 0.137. The molecule has 2 aliphatic rings. The van der Waals surface area contributed by atoms with Gasteiger partial charge < -0.3 is 4.90 Å². The molecule has 0 aliphatic carbocycles. The van der Waals surface area contributed by atoms with Gasteiger partial charge in [0.2, 0.25) is 5.91 Å². The Balaban J connectivity index is 1.83. The summed E-state index contributed by atoms with van der Waals surface area (Å²) in [7, 11) is 0. The molecule has 90 valence electrons. The highest BCUT2D eigenvalue weighted by Gasteiger charge is 2.32. The van der Waals surface area contributed by atoms with E-state index in [4.69, 9.17) is 0 Å². The average molecular weight is 224 g/mol. The zero-order valence-corrected chi connectivity index (χ0v) is 9.95. The van der Waals surface area contributed by atoms with Crippen molar-refractivity contribution >= 4 is 11.7 Å². The standard InChI is InChI=1S/C12H20N2O2/c1-10(15)8-13-7-4-11(9-13)12(16)14-5-2-3-6-14/h11H,2-9H2,1H3. The Morgan fingerprint density at radius 3 is 2.50 bits per heavy atom. The lowest BCUT2D eigenvalue weighted by Crippen LogP contribution is -2.35. The minimum Gasteiger partial charge on any atom is -0.342 e. The van der Waals surface area contributed by atoms with Crippen LogP contribution in [0.4, 0.5) is 0 Å². The number of carbonyl (C=O) groups is 2. The van der Waals surface area contributed by atoms with Crippen LogP contribution < -0.4 is 0 Å². The quantitative estimate of drug-likeness (QED) is 0.701.